The molecular weight excluding hydrogens is 636 g/mol. The molecule has 0 atom stereocenters. The number of hydrogen-bond donors (Lipinski definition) is 3. The van der Waals surface area contributed by atoms with E-state index in [1.54, 1.807) is 48.1 Å². The number of benzene rings is 3. The number of methoxy groups -OCH3 is 2. The fraction of sp³-hybridized carbons (Fsp3) is 0.176. The van der Waals surface area contributed by atoms with Gasteiger partial charge in [0.25, 0.3) is 0 Å². The van der Waals surface area contributed by atoms with Crippen molar-refractivity contribution in [3.63, 3.8) is 0 Å². The molecule has 6 rings (SSSR count). The second-order valence-electron chi connectivity index (χ2n) is 10.3. The minimum absolute atomic E-state index is 0.00598. The Kier molecular flexibility index (Phi) is 9.64. The highest BCUT2D eigenvalue weighted by molar-refractivity contribution is 6.07. The zero-order valence-electron chi connectivity index (χ0n) is 26.7. The van der Waals surface area contributed by atoms with E-state index in [0.29, 0.717) is 17.1 Å². The number of carboxylic acids is 3. The van der Waals surface area contributed by atoms with E-state index in [1.165, 1.54) is 18.0 Å². The molecular formula is C34H30N6O9. The second-order valence-corrected chi connectivity index (χ2v) is 10.3. The average Bonchev–Trinajstić information content (AvgIpc) is 3.58. The van der Waals surface area contributed by atoms with Gasteiger partial charge in [0.1, 0.15) is 22.7 Å². The fourth-order valence-corrected chi connectivity index (χ4v) is 5.12. The first kappa shape index (κ1) is 33.7. The van der Waals surface area contributed by atoms with Crippen LogP contribution in [-0.4, -0.2) is 76.5 Å². The Hall–Kier alpha value is -6.64. The lowest BCUT2D eigenvalue weighted by Gasteiger charge is -2.10. The van der Waals surface area contributed by atoms with Crippen molar-refractivity contribution in [2.75, 3.05) is 14.2 Å². The minimum atomic E-state index is -1.63. The van der Waals surface area contributed by atoms with E-state index in [2.05, 4.69) is 19.9 Å². The molecule has 3 heterocycles. The third kappa shape index (κ3) is 6.62. The van der Waals surface area contributed by atoms with Gasteiger partial charge in [-0.25, -0.2) is 34.1 Å². The molecule has 15 heteroatoms. The van der Waals surface area contributed by atoms with Crippen LogP contribution in [0.1, 0.15) is 56.0 Å². The topological polar surface area (TPSA) is 209 Å². The molecule has 0 saturated heterocycles. The van der Waals surface area contributed by atoms with Crippen LogP contribution in [0.5, 0.6) is 11.5 Å². The van der Waals surface area contributed by atoms with Gasteiger partial charge in [-0.2, -0.15) is 4.98 Å². The Labute approximate surface area is 278 Å². The smallest absolute Gasteiger partial charge is 0.350 e. The maximum absolute atomic E-state index is 13.3. The maximum Gasteiger partial charge on any atom is 0.350 e. The van der Waals surface area contributed by atoms with Gasteiger partial charge in [-0.15, -0.1) is 0 Å². The lowest BCUT2D eigenvalue weighted by molar-refractivity contribution is 0.0649. The first-order valence-electron chi connectivity index (χ1n) is 14.9. The molecule has 0 bridgehead atoms. The zero-order chi connectivity index (χ0) is 35.4. The summed E-state index contributed by atoms with van der Waals surface area (Å²) in [6, 6.07) is 15.8. The van der Waals surface area contributed by atoms with Gasteiger partial charge in [0.2, 0.25) is 0 Å². The second kappa shape index (κ2) is 14.0. The molecule has 3 aromatic carbocycles. The highest BCUT2D eigenvalue weighted by atomic mass is 16.5. The van der Waals surface area contributed by atoms with Crippen LogP contribution in [0.3, 0.4) is 0 Å². The summed E-state index contributed by atoms with van der Waals surface area (Å²) >= 11 is 0. The summed E-state index contributed by atoms with van der Waals surface area (Å²) in [4.78, 5) is 67.7. The summed E-state index contributed by atoms with van der Waals surface area (Å²) in [7, 11) is 3.07. The van der Waals surface area contributed by atoms with E-state index < -0.39 is 40.3 Å². The van der Waals surface area contributed by atoms with Crippen molar-refractivity contribution >= 4 is 29.1 Å². The molecule has 0 unspecified atom stereocenters. The van der Waals surface area contributed by atoms with Crippen LogP contribution in [-0.2, 0) is 13.1 Å². The number of hydrogen-bond acceptors (Lipinski definition) is 10. The van der Waals surface area contributed by atoms with E-state index >= 15 is 0 Å². The fourth-order valence-electron chi connectivity index (χ4n) is 5.12. The zero-order valence-corrected chi connectivity index (χ0v) is 26.7. The Morgan fingerprint density at radius 3 is 1.78 bits per heavy atom. The molecule has 0 radical (unpaired) electrons. The first-order chi connectivity index (χ1) is 23.6. The predicted octanol–water partition coefficient (Wildman–Crippen LogP) is 4.39. The quantitative estimate of drug-likeness (QED) is 0.186. The number of nitrogens with zero attached hydrogens (tertiary/aromatic N) is 6. The highest BCUT2D eigenvalue weighted by Gasteiger charge is 2.28. The molecule has 2 aliphatic rings. The van der Waals surface area contributed by atoms with E-state index in [9.17, 15) is 34.5 Å². The summed E-state index contributed by atoms with van der Waals surface area (Å²) in [5.74, 6) is -3.84. The Morgan fingerprint density at radius 1 is 0.714 bits per heavy atom. The van der Waals surface area contributed by atoms with E-state index in [0.717, 1.165) is 17.7 Å². The average molecular weight is 667 g/mol. The number of fused-ring (bicyclic) bond motifs is 3. The normalized spacial score (nSPS) is 10.8. The number of imidazole rings is 2. The lowest BCUT2D eigenvalue weighted by atomic mass is 9.97. The summed E-state index contributed by atoms with van der Waals surface area (Å²) < 4.78 is 13.3. The van der Waals surface area contributed by atoms with Crippen LogP contribution < -0.4 is 15.2 Å². The van der Waals surface area contributed by atoms with Crippen molar-refractivity contribution in [3.8, 4) is 34.4 Å². The van der Waals surface area contributed by atoms with Crippen LogP contribution in [0, 0.1) is 0 Å². The van der Waals surface area contributed by atoms with Gasteiger partial charge in [0.05, 0.1) is 50.3 Å². The van der Waals surface area contributed by atoms with Gasteiger partial charge in [-0.05, 0) is 47.5 Å². The van der Waals surface area contributed by atoms with E-state index in [1.807, 2.05) is 26.0 Å². The monoisotopic (exact) mass is 666 g/mol. The van der Waals surface area contributed by atoms with Crippen molar-refractivity contribution in [3.05, 3.63) is 105 Å². The molecule has 250 valence electrons. The molecule has 4 aromatic rings. The van der Waals surface area contributed by atoms with Crippen molar-refractivity contribution in [1.82, 2.24) is 29.1 Å². The summed E-state index contributed by atoms with van der Waals surface area (Å²) in [6.07, 6.45) is 1.48. The van der Waals surface area contributed by atoms with Gasteiger partial charge in [0.15, 0.2) is 17.3 Å². The van der Waals surface area contributed by atoms with Gasteiger partial charge >= 0.3 is 23.6 Å². The van der Waals surface area contributed by atoms with E-state index in [-0.39, 0.29) is 47.2 Å². The number of ether oxygens (including phenoxy) is 2. The van der Waals surface area contributed by atoms with Crippen LogP contribution >= 0.6 is 0 Å². The number of aromatic nitrogens is 6. The third-order valence-corrected chi connectivity index (χ3v) is 7.47. The Balaban J connectivity index is 0.00000230. The summed E-state index contributed by atoms with van der Waals surface area (Å²) in [6.45, 7) is 4.24. The molecule has 0 amide bonds. The van der Waals surface area contributed by atoms with Gasteiger partial charge in [-0.3, -0.25) is 4.57 Å². The first-order valence-corrected chi connectivity index (χ1v) is 14.9. The summed E-state index contributed by atoms with van der Waals surface area (Å²) in [5, 5.41) is 29.6. The standard InChI is InChI=1S/C32H24N6O9.C2H6/c1-46-18-7-3-16(4-8-18)13-37-15-33-24-25-28(38(32(45)34-25)14-17-5-9-19(47-2)10-6-17)36-26(35-27(24)37)20-11-22(30(41)42)23(31(43)44)12-21(20)29(39)40;1-2/h3-12,15H,13-14H2,1-2H3,(H,39,40)(H,41,42)(H,43,44);1-2H3. The van der Waals surface area contributed by atoms with Gasteiger partial charge < -0.3 is 29.4 Å². The highest BCUT2D eigenvalue weighted by Crippen LogP contribution is 2.31. The van der Waals surface area contributed by atoms with Crippen molar-refractivity contribution in [2.45, 2.75) is 26.9 Å². The van der Waals surface area contributed by atoms with Gasteiger partial charge in [0, 0.05) is 5.56 Å². The Bertz CT molecular complexity index is 2230. The molecule has 0 spiro atoms. The van der Waals surface area contributed by atoms with Crippen molar-refractivity contribution in [1.29, 1.82) is 0 Å². The minimum Gasteiger partial charge on any atom is -0.497 e. The maximum atomic E-state index is 13.3. The largest absolute Gasteiger partial charge is 0.497 e. The number of carbonyl (C=O) groups is 3. The lowest BCUT2D eigenvalue weighted by Crippen LogP contribution is -2.18. The molecule has 3 N–H and O–H groups in total. The summed E-state index contributed by atoms with van der Waals surface area (Å²) in [5.41, 5.74) is -1.02. The SMILES string of the molecule is CC.COc1ccc(Cn2c3nc(-c4cc(C(=O)O)c(C(=O)O)cc4C(=O)O)nc4c(ncn4Cc4ccc(OC)cc4)c-3nc2=O)cc1. The molecule has 0 aliphatic carbocycles. The van der Waals surface area contributed by atoms with E-state index in [4.69, 9.17) is 9.47 Å². The van der Waals surface area contributed by atoms with Crippen molar-refractivity contribution < 1.29 is 39.2 Å². The van der Waals surface area contributed by atoms with Gasteiger partial charge in [-0.1, -0.05) is 38.1 Å². The third-order valence-electron chi connectivity index (χ3n) is 7.47. The van der Waals surface area contributed by atoms with Crippen LogP contribution in [0.25, 0.3) is 34.1 Å². The van der Waals surface area contributed by atoms with Crippen LogP contribution in [0.2, 0.25) is 0 Å². The molecule has 0 fully saturated rings. The predicted molar refractivity (Wildman–Crippen MR) is 176 cm³/mol. The number of rotatable bonds is 10. The van der Waals surface area contributed by atoms with Crippen LogP contribution in [0.15, 0.2) is 71.8 Å². The molecule has 2 aliphatic heterocycles. The molecule has 1 aromatic heterocycles. The van der Waals surface area contributed by atoms with Crippen LogP contribution in [0.4, 0.5) is 0 Å². The number of aromatic carboxylic acids is 3. The number of carboxylic acid groups (broad SMARTS) is 3. The Morgan fingerprint density at radius 2 is 1.24 bits per heavy atom. The molecule has 15 nitrogen and oxygen atoms in total. The molecule has 49 heavy (non-hydrogen) atoms. The van der Waals surface area contributed by atoms with Crippen molar-refractivity contribution in [2.24, 2.45) is 0 Å². The molecule has 0 saturated carbocycles.